The van der Waals surface area contributed by atoms with Crippen molar-refractivity contribution in [2.45, 2.75) is 45.1 Å². The minimum Gasteiger partial charge on any atom is -0.392 e. The van der Waals surface area contributed by atoms with Gasteiger partial charge >= 0.3 is 0 Å². The fourth-order valence-electron chi connectivity index (χ4n) is 6.23. The summed E-state index contributed by atoms with van der Waals surface area (Å²) in [6, 6.07) is 35.9. The molecule has 4 atom stereocenters. The lowest BCUT2D eigenvalue weighted by atomic mass is 9.90. The number of hydrogen-bond donors (Lipinski definition) is 2. The molecule has 4 aromatic carbocycles. The average molecular weight is 625 g/mol. The van der Waals surface area contributed by atoms with Crippen LogP contribution in [0.4, 0.5) is 0 Å². The first-order valence-electron chi connectivity index (χ1n) is 15.8. The van der Waals surface area contributed by atoms with E-state index >= 15 is 0 Å². The van der Waals surface area contributed by atoms with Gasteiger partial charge in [0, 0.05) is 30.4 Å². The van der Waals surface area contributed by atoms with Crippen molar-refractivity contribution < 1.29 is 19.4 Å². The van der Waals surface area contributed by atoms with Gasteiger partial charge in [0.15, 0.2) is 6.29 Å². The molecule has 1 aliphatic rings. The zero-order valence-corrected chi connectivity index (χ0v) is 26.1. The maximum absolute atomic E-state index is 12.7. The third kappa shape index (κ3) is 6.57. The van der Waals surface area contributed by atoms with Gasteiger partial charge in [0.25, 0.3) is 5.91 Å². The third-order valence-corrected chi connectivity index (χ3v) is 8.90. The quantitative estimate of drug-likeness (QED) is 0.180. The molecule has 0 spiro atoms. The normalized spacial score (nSPS) is 19.4. The Labute approximate surface area is 273 Å². The largest absolute Gasteiger partial charge is 0.392 e. The number of rotatable bonds is 9. The first-order chi connectivity index (χ1) is 23.1. The lowest BCUT2D eigenvalue weighted by Crippen LogP contribution is -2.39. The summed E-state index contributed by atoms with van der Waals surface area (Å²) in [7, 11) is 0. The number of imidazole rings is 1. The Kier molecular flexibility index (Phi) is 8.88. The molecule has 2 N–H and O–H groups in total. The minimum atomic E-state index is -0.587. The van der Waals surface area contributed by atoms with Crippen LogP contribution >= 0.6 is 0 Å². The molecule has 47 heavy (non-hydrogen) atoms. The summed E-state index contributed by atoms with van der Waals surface area (Å²) >= 11 is 0. The SMILES string of the molecule is C[C@@H]1[C@H](Cn2cnc3ccccc32)O[C@H](c2ccc(-c3ccccc3CNC(=O)c3cccnc3)cc2)O[C@@H]1c1ccc(CO)cc1. The van der Waals surface area contributed by atoms with Crippen molar-refractivity contribution in [3.63, 3.8) is 0 Å². The number of carbonyl (C=O) groups is 1. The molecule has 0 bridgehead atoms. The van der Waals surface area contributed by atoms with E-state index in [1.807, 2.05) is 67.0 Å². The second kappa shape index (κ2) is 13.7. The van der Waals surface area contributed by atoms with Crippen LogP contribution < -0.4 is 5.32 Å². The van der Waals surface area contributed by atoms with Crippen LogP contribution in [0.1, 0.15) is 51.9 Å². The van der Waals surface area contributed by atoms with E-state index < -0.39 is 6.29 Å². The van der Waals surface area contributed by atoms with Gasteiger partial charge < -0.3 is 24.5 Å². The van der Waals surface area contributed by atoms with Gasteiger partial charge in [-0.1, -0.05) is 91.9 Å². The molecule has 0 saturated carbocycles. The fourth-order valence-corrected chi connectivity index (χ4v) is 6.23. The number of pyridine rings is 1. The molecule has 236 valence electrons. The Bertz CT molecular complexity index is 1960. The van der Waals surface area contributed by atoms with Crippen molar-refractivity contribution in [2.24, 2.45) is 5.92 Å². The van der Waals surface area contributed by atoms with Crippen LogP contribution in [-0.4, -0.2) is 31.7 Å². The van der Waals surface area contributed by atoms with E-state index in [2.05, 4.69) is 63.2 Å². The van der Waals surface area contributed by atoms with Crippen LogP contribution in [0.2, 0.25) is 0 Å². The maximum atomic E-state index is 12.7. The average Bonchev–Trinajstić information content (AvgIpc) is 3.54. The highest BCUT2D eigenvalue weighted by Crippen LogP contribution is 2.42. The van der Waals surface area contributed by atoms with Gasteiger partial charge in [-0.05, 0) is 52.1 Å². The summed E-state index contributed by atoms with van der Waals surface area (Å²) in [5, 5.41) is 12.6. The molecular formula is C39H36N4O4. The highest BCUT2D eigenvalue weighted by Gasteiger charge is 2.38. The number of carbonyl (C=O) groups excluding carboxylic acids is 1. The van der Waals surface area contributed by atoms with Crippen LogP contribution in [0.15, 0.2) is 128 Å². The predicted molar refractivity (Wildman–Crippen MR) is 180 cm³/mol. The van der Waals surface area contributed by atoms with E-state index in [-0.39, 0.29) is 30.6 Å². The summed E-state index contributed by atoms with van der Waals surface area (Å²) in [6.07, 6.45) is 4.13. The minimum absolute atomic E-state index is 0.00419. The van der Waals surface area contributed by atoms with Gasteiger partial charge in [0.05, 0.1) is 48.3 Å². The van der Waals surface area contributed by atoms with Crippen molar-refractivity contribution in [3.05, 3.63) is 156 Å². The van der Waals surface area contributed by atoms with E-state index in [1.54, 1.807) is 24.5 Å². The summed E-state index contributed by atoms with van der Waals surface area (Å²) in [5.74, 6) is -0.122. The number of amides is 1. The molecule has 1 saturated heterocycles. The summed E-state index contributed by atoms with van der Waals surface area (Å²) in [4.78, 5) is 21.3. The van der Waals surface area contributed by atoms with Crippen LogP contribution in [0.3, 0.4) is 0 Å². The van der Waals surface area contributed by atoms with E-state index in [0.29, 0.717) is 18.7 Å². The molecule has 7 rings (SSSR count). The highest BCUT2D eigenvalue weighted by molar-refractivity contribution is 5.93. The predicted octanol–water partition coefficient (Wildman–Crippen LogP) is 7.01. The van der Waals surface area contributed by atoms with Gasteiger partial charge in [-0.2, -0.15) is 0 Å². The highest BCUT2D eigenvalue weighted by atomic mass is 16.7. The lowest BCUT2D eigenvalue weighted by molar-refractivity contribution is -0.276. The molecule has 2 aromatic heterocycles. The number of aromatic nitrogens is 3. The molecule has 6 aromatic rings. The van der Waals surface area contributed by atoms with Gasteiger partial charge in [-0.25, -0.2) is 4.98 Å². The van der Waals surface area contributed by atoms with Crippen molar-refractivity contribution in [2.75, 3.05) is 0 Å². The molecule has 0 unspecified atom stereocenters. The number of fused-ring (bicyclic) bond motifs is 1. The van der Waals surface area contributed by atoms with E-state index in [1.165, 1.54) is 0 Å². The van der Waals surface area contributed by atoms with E-state index in [9.17, 15) is 9.90 Å². The molecular weight excluding hydrogens is 588 g/mol. The van der Waals surface area contributed by atoms with Crippen LogP contribution in [0.25, 0.3) is 22.2 Å². The topological polar surface area (TPSA) is 98.5 Å². The molecule has 1 amide bonds. The van der Waals surface area contributed by atoms with Crippen molar-refractivity contribution in [3.8, 4) is 11.1 Å². The van der Waals surface area contributed by atoms with Crippen molar-refractivity contribution in [1.29, 1.82) is 0 Å². The Morgan fingerprint density at radius 2 is 1.64 bits per heavy atom. The second-order valence-corrected chi connectivity index (χ2v) is 11.9. The number of ether oxygens (including phenoxy) is 2. The first-order valence-corrected chi connectivity index (χ1v) is 15.8. The Morgan fingerprint density at radius 3 is 2.43 bits per heavy atom. The molecule has 3 heterocycles. The Morgan fingerprint density at radius 1 is 0.872 bits per heavy atom. The zero-order chi connectivity index (χ0) is 32.2. The number of hydrogen-bond acceptors (Lipinski definition) is 6. The standard InChI is InChI=1S/C39H36N4O4/c1-26-36(23-43-25-42-34-10-4-5-11-35(34)43)46-39(47-37(26)29-14-12-27(24-44)13-15-29)30-18-16-28(17-19-30)33-9-3-2-7-31(33)22-41-38(45)32-8-6-20-40-21-32/h2-21,25-26,36-37,39,44H,22-24H2,1H3,(H,41,45)/t26-,36+,37+,39+/m1/s1. The number of nitrogens with one attached hydrogen (secondary N) is 1. The Hall–Kier alpha value is -5.15. The molecule has 8 heteroatoms. The zero-order valence-electron chi connectivity index (χ0n) is 26.1. The van der Waals surface area contributed by atoms with Gasteiger partial charge in [-0.3, -0.25) is 9.78 Å². The second-order valence-electron chi connectivity index (χ2n) is 11.9. The molecule has 0 radical (unpaired) electrons. The number of nitrogens with zero attached hydrogens (tertiary/aromatic N) is 3. The summed E-state index contributed by atoms with van der Waals surface area (Å²) in [5.41, 5.74) is 8.44. The number of aliphatic hydroxyl groups excluding tert-OH is 1. The van der Waals surface area contributed by atoms with E-state index in [0.717, 1.165) is 44.4 Å². The summed E-state index contributed by atoms with van der Waals surface area (Å²) < 4.78 is 15.6. The molecule has 1 aliphatic heterocycles. The number of aliphatic hydroxyl groups is 1. The lowest BCUT2D eigenvalue weighted by Gasteiger charge is -2.41. The van der Waals surface area contributed by atoms with Gasteiger partial charge in [-0.15, -0.1) is 0 Å². The number of benzene rings is 4. The van der Waals surface area contributed by atoms with Crippen molar-refractivity contribution in [1.82, 2.24) is 19.9 Å². The molecule has 1 fully saturated rings. The maximum Gasteiger partial charge on any atom is 0.253 e. The Balaban J connectivity index is 1.14. The smallest absolute Gasteiger partial charge is 0.253 e. The summed E-state index contributed by atoms with van der Waals surface area (Å²) in [6.45, 7) is 3.18. The molecule has 0 aliphatic carbocycles. The monoisotopic (exact) mass is 624 g/mol. The van der Waals surface area contributed by atoms with E-state index in [4.69, 9.17) is 9.47 Å². The first kappa shape index (κ1) is 30.5. The third-order valence-electron chi connectivity index (χ3n) is 8.90. The van der Waals surface area contributed by atoms with Crippen LogP contribution in [-0.2, 0) is 29.2 Å². The van der Waals surface area contributed by atoms with Crippen LogP contribution in [0, 0.1) is 5.92 Å². The fraction of sp³-hybridized carbons (Fsp3) is 0.205. The van der Waals surface area contributed by atoms with Gasteiger partial charge in [0.2, 0.25) is 0 Å². The van der Waals surface area contributed by atoms with Crippen LogP contribution in [0.5, 0.6) is 0 Å². The molecule has 8 nitrogen and oxygen atoms in total. The van der Waals surface area contributed by atoms with Crippen molar-refractivity contribution >= 4 is 16.9 Å². The number of para-hydroxylation sites is 2. The van der Waals surface area contributed by atoms with Gasteiger partial charge in [0.1, 0.15) is 0 Å².